The van der Waals surface area contributed by atoms with Crippen LogP contribution in [0.1, 0.15) is 0 Å². The zero-order valence-corrected chi connectivity index (χ0v) is 8.93. The van der Waals surface area contributed by atoms with Crippen molar-refractivity contribution in [3.8, 4) is 0 Å². The van der Waals surface area contributed by atoms with E-state index >= 15 is 0 Å². The fourth-order valence-electron chi connectivity index (χ4n) is 1.68. The summed E-state index contributed by atoms with van der Waals surface area (Å²) in [5.41, 5.74) is 6.05. The molecule has 0 bridgehead atoms. The number of amides is 2. The summed E-state index contributed by atoms with van der Waals surface area (Å²) in [6.07, 6.45) is 0. The Kier molecular flexibility index (Phi) is 3.38. The minimum Gasteiger partial charge on any atom is -0.379 e. The number of hydrazine groups is 1. The second kappa shape index (κ2) is 4.96. The van der Waals surface area contributed by atoms with E-state index in [9.17, 15) is 4.79 Å². The number of hydrogen-bond donors (Lipinski definition) is 1. The van der Waals surface area contributed by atoms with Crippen LogP contribution in [0.25, 0.3) is 0 Å². The largest absolute Gasteiger partial charge is 0.379 e. The summed E-state index contributed by atoms with van der Waals surface area (Å²) in [6, 6.07) is 9.75. The van der Waals surface area contributed by atoms with E-state index in [1.54, 1.807) is 12.1 Å². The van der Waals surface area contributed by atoms with Gasteiger partial charge >= 0.3 is 6.03 Å². The normalized spacial score (nSPS) is 17.0. The number of anilines is 1. The highest BCUT2D eigenvalue weighted by molar-refractivity contribution is 5.89. The van der Waals surface area contributed by atoms with Gasteiger partial charge in [0, 0.05) is 19.2 Å². The van der Waals surface area contributed by atoms with Gasteiger partial charge in [0.1, 0.15) is 0 Å². The highest BCUT2D eigenvalue weighted by atomic mass is 16.5. The Bertz CT molecular complexity index is 350. The van der Waals surface area contributed by atoms with Gasteiger partial charge in [-0.05, 0) is 6.07 Å². The van der Waals surface area contributed by atoms with Crippen molar-refractivity contribution in [2.75, 3.05) is 31.3 Å². The fourth-order valence-corrected chi connectivity index (χ4v) is 1.68. The molecule has 0 atom stereocenters. The number of benzene rings is 1. The van der Waals surface area contributed by atoms with Crippen LogP contribution in [0.5, 0.6) is 0 Å². The molecule has 0 aromatic heterocycles. The summed E-state index contributed by atoms with van der Waals surface area (Å²) in [5, 5.41) is 3.32. The molecule has 5 nitrogen and oxygen atoms in total. The Morgan fingerprint density at radius 1 is 1.44 bits per heavy atom. The summed E-state index contributed by atoms with van der Waals surface area (Å²) >= 11 is 0. The molecule has 16 heavy (non-hydrogen) atoms. The molecule has 0 spiro atoms. The molecule has 1 saturated heterocycles. The number of primary amides is 1. The first-order chi connectivity index (χ1) is 7.79. The van der Waals surface area contributed by atoms with Gasteiger partial charge in [0.05, 0.1) is 18.9 Å². The molecule has 1 fully saturated rings. The standard InChI is InChI=1S/C11H14N3O2/c12-11(15)14(10-4-2-1-3-5-10)13-6-8-16-9-7-13/h1-4H,6-9H2,(H2,12,15). The van der Waals surface area contributed by atoms with Crippen LogP contribution < -0.4 is 10.7 Å². The van der Waals surface area contributed by atoms with Crippen molar-refractivity contribution in [3.05, 3.63) is 30.3 Å². The third-order valence-electron chi connectivity index (χ3n) is 2.40. The Hall–Kier alpha value is -1.59. The summed E-state index contributed by atoms with van der Waals surface area (Å²) in [6.45, 7) is 2.53. The zero-order chi connectivity index (χ0) is 11.4. The first kappa shape index (κ1) is 10.9. The fraction of sp³-hybridized carbons (Fsp3) is 0.364. The second-order valence-corrected chi connectivity index (χ2v) is 3.46. The molecule has 1 aliphatic rings. The van der Waals surface area contributed by atoms with E-state index < -0.39 is 6.03 Å². The maximum Gasteiger partial charge on any atom is 0.334 e. The van der Waals surface area contributed by atoms with E-state index in [1.165, 1.54) is 5.01 Å². The van der Waals surface area contributed by atoms with E-state index in [4.69, 9.17) is 10.5 Å². The number of morpholine rings is 1. The van der Waals surface area contributed by atoms with Crippen LogP contribution in [0.15, 0.2) is 24.3 Å². The molecule has 2 N–H and O–H groups in total. The molecule has 2 rings (SSSR count). The summed E-state index contributed by atoms with van der Waals surface area (Å²) in [4.78, 5) is 11.4. The van der Waals surface area contributed by atoms with Crippen molar-refractivity contribution in [1.82, 2.24) is 5.01 Å². The number of ether oxygens (including phenoxy) is 1. The minimum absolute atomic E-state index is 0.496. The van der Waals surface area contributed by atoms with E-state index in [1.807, 2.05) is 17.1 Å². The van der Waals surface area contributed by atoms with Crippen molar-refractivity contribution >= 4 is 11.7 Å². The van der Waals surface area contributed by atoms with Crippen molar-refractivity contribution < 1.29 is 9.53 Å². The summed E-state index contributed by atoms with van der Waals surface area (Å²) in [7, 11) is 0. The lowest BCUT2D eigenvalue weighted by atomic mass is 10.3. The van der Waals surface area contributed by atoms with E-state index in [0.717, 1.165) is 0 Å². The average molecular weight is 220 g/mol. The molecule has 0 unspecified atom stereocenters. The van der Waals surface area contributed by atoms with Gasteiger partial charge in [-0.15, -0.1) is 0 Å². The van der Waals surface area contributed by atoms with Crippen LogP contribution in [0.4, 0.5) is 10.5 Å². The molecule has 1 aromatic rings. The van der Waals surface area contributed by atoms with Crippen LogP contribution >= 0.6 is 0 Å². The lowest BCUT2D eigenvalue weighted by Gasteiger charge is -2.35. The van der Waals surface area contributed by atoms with Crippen molar-refractivity contribution in [1.29, 1.82) is 0 Å². The van der Waals surface area contributed by atoms with Crippen LogP contribution in [0.3, 0.4) is 0 Å². The number of carbonyl (C=O) groups is 1. The number of rotatable bonds is 2. The van der Waals surface area contributed by atoms with Crippen molar-refractivity contribution in [2.24, 2.45) is 5.73 Å². The Labute approximate surface area is 94.4 Å². The van der Waals surface area contributed by atoms with Gasteiger partial charge in [-0.25, -0.2) is 14.8 Å². The summed E-state index contributed by atoms with van der Waals surface area (Å²) in [5.74, 6) is 0. The maximum atomic E-state index is 11.4. The average Bonchev–Trinajstić information content (AvgIpc) is 2.31. The van der Waals surface area contributed by atoms with Gasteiger partial charge in [-0.3, -0.25) is 0 Å². The molecular weight excluding hydrogens is 206 g/mol. The van der Waals surface area contributed by atoms with Gasteiger partial charge < -0.3 is 10.5 Å². The lowest BCUT2D eigenvalue weighted by Crippen LogP contribution is -2.53. The topological polar surface area (TPSA) is 58.8 Å². The Morgan fingerprint density at radius 2 is 2.19 bits per heavy atom. The number of carbonyl (C=O) groups excluding carboxylic acids is 1. The number of urea groups is 1. The van der Waals surface area contributed by atoms with Crippen LogP contribution in [-0.4, -0.2) is 37.3 Å². The molecule has 2 amide bonds. The lowest BCUT2D eigenvalue weighted by molar-refractivity contribution is 0.0364. The third kappa shape index (κ3) is 2.32. The Morgan fingerprint density at radius 3 is 2.75 bits per heavy atom. The highest BCUT2D eigenvalue weighted by Gasteiger charge is 2.22. The van der Waals surface area contributed by atoms with Gasteiger partial charge in [0.15, 0.2) is 0 Å². The predicted molar refractivity (Wildman–Crippen MR) is 59.7 cm³/mol. The van der Waals surface area contributed by atoms with E-state index in [0.29, 0.717) is 32.0 Å². The predicted octanol–water partition coefficient (Wildman–Crippen LogP) is 0.619. The van der Waals surface area contributed by atoms with Gasteiger partial charge in [0.2, 0.25) is 0 Å². The van der Waals surface area contributed by atoms with Gasteiger partial charge in [-0.1, -0.05) is 18.2 Å². The third-order valence-corrected chi connectivity index (χ3v) is 2.40. The molecule has 1 heterocycles. The highest BCUT2D eigenvalue weighted by Crippen LogP contribution is 2.15. The smallest absolute Gasteiger partial charge is 0.334 e. The first-order valence-corrected chi connectivity index (χ1v) is 5.18. The number of nitrogens with zero attached hydrogens (tertiary/aromatic N) is 2. The van der Waals surface area contributed by atoms with Crippen molar-refractivity contribution in [3.63, 3.8) is 0 Å². The van der Waals surface area contributed by atoms with E-state index in [2.05, 4.69) is 6.07 Å². The first-order valence-electron chi connectivity index (χ1n) is 5.18. The molecule has 5 heteroatoms. The van der Waals surface area contributed by atoms with Gasteiger partial charge in [0.25, 0.3) is 0 Å². The quantitative estimate of drug-likeness (QED) is 0.794. The van der Waals surface area contributed by atoms with Crippen molar-refractivity contribution in [2.45, 2.75) is 0 Å². The zero-order valence-electron chi connectivity index (χ0n) is 8.93. The maximum absolute atomic E-state index is 11.4. The molecule has 85 valence electrons. The Balaban J connectivity index is 2.20. The number of nitrogens with two attached hydrogens (primary N) is 1. The number of hydrogen-bond acceptors (Lipinski definition) is 3. The van der Waals surface area contributed by atoms with Crippen LogP contribution in [0, 0.1) is 6.07 Å². The monoisotopic (exact) mass is 220 g/mol. The summed E-state index contributed by atoms with van der Waals surface area (Å²) < 4.78 is 5.23. The molecule has 1 radical (unpaired) electrons. The van der Waals surface area contributed by atoms with Gasteiger partial charge in [-0.2, -0.15) is 0 Å². The molecule has 1 aliphatic heterocycles. The second-order valence-electron chi connectivity index (χ2n) is 3.46. The van der Waals surface area contributed by atoms with E-state index in [-0.39, 0.29) is 0 Å². The molecule has 1 aromatic carbocycles. The molecular formula is C11H14N3O2. The SMILES string of the molecule is NC(=O)N(c1[c]cccc1)N1CCOCC1. The minimum atomic E-state index is -0.496. The number of para-hydroxylation sites is 1. The molecule has 0 saturated carbocycles. The molecule has 0 aliphatic carbocycles. The van der Waals surface area contributed by atoms with Crippen LogP contribution in [-0.2, 0) is 4.74 Å². The van der Waals surface area contributed by atoms with Crippen LogP contribution in [0.2, 0.25) is 0 Å².